The molecule has 4 heterocycles. The average molecular weight is 395 g/mol. The molecule has 0 bridgehead atoms. The summed E-state index contributed by atoms with van der Waals surface area (Å²) in [5.74, 6) is 1.01. The maximum absolute atomic E-state index is 12.4. The van der Waals surface area contributed by atoms with Crippen molar-refractivity contribution < 1.29 is 19.1 Å². The van der Waals surface area contributed by atoms with Crippen LogP contribution < -0.4 is 4.74 Å². The van der Waals surface area contributed by atoms with Crippen LogP contribution in [0.2, 0.25) is 0 Å². The molecule has 7 heteroatoms. The van der Waals surface area contributed by atoms with Crippen LogP contribution in [0.5, 0.6) is 5.75 Å². The van der Waals surface area contributed by atoms with Gasteiger partial charge in [-0.1, -0.05) is 18.2 Å². The molecule has 4 aliphatic heterocycles. The molecule has 29 heavy (non-hydrogen) atoms. The van der Waals surface area contributed by atoms with Crippen molar-refractivity contribution in [2.24, 2.45) is 0 Å². The molecule has 1 aromatic rings. The van der Waals surface area contributed by atoms with E-state index in [0.717, 1.165) is 51.6 Å². The lowest BCUT2D eigenvalue weighted by Crippen LogP contribution is -2.29. The zero-order valence-corrected chi connectivity index (χ0v) is 16.6. The van der Waals surface area contributed by atoms with Gasteiger partial charge in [-0.3, -0.25) is 9.59 Å². The Labute approximate surface area is 170 Å². The predicted molar refractivity (Wildman–Crippen MR) is 106 cm³/mol. The van der Waals surface area contributed by atoms with Crippen molar-refractivity contribution in [3.63, 3.8) is 0 Å². The molecule has 5 aliphatic rings. The highest BCUT2D eigenvalue weighted by molar-refractivity contribution is 6.22. The van der Waals surface area contributed by atoms with Crippen molar-refractivity contribution in [3.8, 4) is 5.75 Å². The quantitative estimate of drug-likeness (QED) is 0.525. The molecule has 1 aromatic carbocycles. The van der Waals surface area contributed by atoms with Gasteiger partial charge in [-0.25, -0.2) is 0 Å². The van der Waals surface area contributed by atoms with Gasteiger partial charge < -0.3 is 24.2 Å². The van der Waals surface area contributed by atoms with Crippen LogP contribution in [0.4, 0.5) is 0 Å². The van der Waals surface area contributed by atoms with Crippen LogP contribution in [0.15, 0.2) is 47.4 Å². The van der Waals surface area contributed by atoms with Gasteiger partial charge in [0.1, 0.15) is 29.9 Å². The Morgan fingerprint density at radius 2 is 1.59 bits per heavy atom. The van der Waals surface area contributed by atoms with Crippen LogP contribution >= 0.6 is 0 Å². The van der Waals surface area contributed by atoms with Crippen molar-refractivity contribution in [1.29, 1.82) is 0 Å². The number of ether oxygens (including phenoxy) is 2. The number of carbonyl (C=O) groups is 2. The van der Waals surface area contributed by atoms with Crippen LogP contribution in [-0.2, 0) is 14.3 Å². The molecule has 4 fully saturated rings. The van der Waals surface area contributed by atoms with Crippen LogP contribution in [0.3, 0.4) is 0 Å². The molecule has 0 aromatic heterocycles. The number of Topliss-reactive ketones (excluding diaryl/α,β-unsaturated/α-hetero) is 1. The lowest BCUT2D eigenvalue weighted by Gasteiger charge is -2.21. The van der Waals surface area contributed by atoms with E-state index in [-0.39, 0.29) is 11.6 Å². The lowest BCUT2D eigenvalue weighted by molar-refractivity contribution is -0.117. The van der Waals surface area contributed by atoms with E-state index in [4.69, 9.17) is 9.47 Å². The Hall–Kier alpha value is -2.80. The van der Waals surface area contributed by atoms with E-state index in [2.05, 4.69) is 0 Å². The molecule has 1 unspecified atom stereocenters. The summed E-state index contributed by atoms with van der Waals surface area (Å²) < 4.78 is 10.6. The summed E-state index contributed by atoms with van der Waals surface area (Å²) in [6.45, 7) is 8.99. The number of hydrogen-bond donors (Lipinski definition) is 0. The summed E-state index contributed by atoms with van der Waals surface area (Å²) in [6.07, 6.45) is 1.86. The minimum atomic E-state index is 0.00546. The second-order valence-corrected chi connectivity index (χ2v) is 7.91. The third-order valence-corrected chi connectivity index (χ3v) is 5.41. The minimum absolute atomic E-state index is 0.00546. The van der Waals surface area contributed by atoms with Crippen LogP contribution in [0.25, 0.3) is 0 Å². The molecule has 4 saturated heterocycles. The van der Waals surface area contributed by atoms with Crippen LogP contribution in [0.1, 0.15) is 5.56 Å². The second-order valence-electron chi connectivity index (χ2n) is 7.91. The molecule has 0 amide bonds. The van der Waals surface area contributed by atoms with Crippen LogP contribution in [0, 0.1) is 6.92 Å². The lowest BCUT2D eigenvalue weighted by atomic mass is 10.0. The number of epoxide rings is 1. The Morgan fingerprint density at radius 3 is 2.17 bits per heavy atom. The molecule has 1 aliphatic carbocycles. The third-order valence-electron chi connectivity index (χ3n) is 5.41. The molecular formula is C22H25N3O4. The maximum atomic E-state index is 12.4. The highest BCUT2D eigenvalue weighted by Gasteiger charge is 2.43. The first-order valence-electron chi connectivity index (χ1n) is 10.2. The van der Waals surface area contributed by atoms with Gasteiger partial charge in [0.2, 0.25) is 11.6 Å². The van der Waals surface area contributed by atoms with E-state index in [1.54, 1.807) is 0 Å². The van der Waals surface area contributed by atoms with E-state index in [9.17, 15) is 9.59 Å². The number of allylic oxidation sites excluding steroid dienone is 1. The zero-order valence-electron chi connectivity index (χ0n) is 16.6. The van der Waals surface area contributed by atoms with Crippen LogP contribution in [-0.4, -0.2) is 84.9 Å². The van der Waals surface area contributed by atoms with Crippen molar-refractivity contribution in [3.05, 3.63) is 53.0 Å². The Kier molecular flexibility index (Phi) is 4.54. The fourth-order valence-electron chi connectivity index (χ4n) is 3.34. The number of rotatable bonds is 6. The maximum Gasteiger partial charge on any atom is 0.227 e. The van der Waals surface area contributed by atoms with E-state index in [1.165, 1.54) is 11.6 Å². The van der Waals surface area contributed by atoms with Gasteiger partial charge in [-0.05, 0) is 18.6 Å². The molecule has 0 spiro atoms. The normalized spacial score (nSPS) is 24.1. The molecule has 7 nitrogen and oxygen atoms in total. The van der Waals surface area contributed by atoms with Gasteiger partial charge in [0.05, 0.1) is 12.3 Å². The van der Waals surface area contributed by atoms with Gasteiger partial charge in [0.15, 0.2) is 0 Å². The Morgan fingerprint density at radius 1 is 0.966 bits per heavy atom. The summed E-state index contributed by atoms with van der Waals surface area (Å²) >= 11 is 0. The Balaban J connectivity index is 0.000000134. The number of ketones is 2. The third kappa shape index (κ3) is 4.15. The van der Waals surface area contributed by atoms with Crippen molar-refractivity contribution in [2.75, 3.05) is 52.5 Å². The number of benzene rings is 1. The topological polar surface area (TPSA) is 64.9 Å². The predicted octanol–water partition coefficient (Wildman–Crippen LogP) is 0.953. The number of carbonyl (C=O) groups excluding carboxylic acids is 2. The monoisotopic (exact) mass is 395 g/mol. The summed E-state index contributed by atoms with van der Waals surface area (Å²) in [4.78, 5) is 30.5. The van der Waals surface area contributed by atoms with Gasteiger partial charge in [0, 0.05) is 45.3 Å². The molecule has 1 atom stereocenters. The van der Waals surface area contributed by atoms with Gasteiger partial charge in [-0.15, -0.1) is 0 Å². The number of aryl methyl sites for hydroxylation is 1. The summed E-state index contributed by atoms with van der Waals surface area (Å²) in [5, 5.41) is 0. The molecular weight excluding hydrogens is 370 g/mol. The summed E-state index contributed by atoms with van der Waals surface area (Å²) in [7, 11) is 0. The number of nitrogens with zero attached hydrogens (tertiary/aromatic N) is 3. The summed E-state index contributed by atoms with van der Waals surface area (Å²) in [6, 6.07) is 8.02. The largest absolute Gasteiger partial charge is 0.491 e. The SMILES string of the molecule is Cc1ccccc1OCC1CO1.O=C1C=C(N2CC2)C(=O)C(N2CC2)=C1N1CC1. The molecule has 6 rings (SSSR count). The van der Waals surface area contributed by atoms with Gasteiger partial charge in [0.25, 0.3) is 0 Å². The Bertz CT molecular complexity index is 906. The molecule has 0 N–H and O–H groups in total. The highest BCUT2D eigenvalue weighted by Crippen LogP contribution is 2.33. The summed E-state index contributed by atoms with van der Waals surface area (Å²) in [5.41, 5.74) is 3.07. The molecule has 152 valence electrons. The molecule has 0 radical (unpaired) electrons. The first-order valence-corrected chi connectivity index (χ1v) is 10.2. The highest BCUT2D eigenvalue weighted by atomic mass is 16.6. The second kappa shape index (κ2) is 7.22. The van der Waals surface area contributed by atoms with Crippen molar-refractivity contribution >= 4 is 11.6 Å². The number of hydrogen-bond acceptors (Lipinski definition) is 7. The fourth-order valence-corrected chi connectivity index (χ4v) is 3.34. The first kappa shape index (κ1) is 18.2. The minimum Gasteiger partial charge on any atom is -0.491 e. The van der Waals surface area contributed by atoms with Gasteiger partial charge in [-0.2, -0.15) is 0 Å². The fraction of sp³-hybridized carbons (Fsp3) is 0.455. The smallest absolute Gasteiger partial charge is 0.227 e. The van der Waals surface area contributed by atoms with E-state index in [1.807, 2.05) is 45.9 Å². The molecule has 0 saturated carbocycles. The van der Waals surface area contributed by atoms with Gasteiger partial charge >= 0.3 is 0 Å². The zero-order chi connectivity index (χ0) is 20.0. The van der Waals surface area contributed by atoms with Crippen molar-refractivity contribution in [1.82, 2.24) is 14.7 Å². The van der Waals surface area contributed by atoms with E-state index < -0.39 is 0 Å². The van der Waals surface area contributed by atoms with Crippen molar-refractivity contribution in [2.45, 2.75) is 13.0 Å². The van der Waals surface area contributed by atoms with E-state index in [0.29, 0.717) is 29.8 Å². The average Bonchev–Trinajstić information content (AvgIpc) is 3.58. The standard InChI is InChI=1S/C12H13N3O2.C10H12O2/c16-9-7-8(13-1-2-13)12(17)11(15-5-6-15)10(9)14-3-4-14;1-8-4-2-3-5-10(8)12-7-9-6-11-9/h7H,1-6H2;2-5,9H,6-7H2,1H3. The van der Waals surface area contributed by atoms with E-state index >= 15 is 0 Å². The first-order chi connectivity index (χ1) is 14.1. The number of para-hydroxylation sites is 1.